The van der Waals surface area contributed by atoms with E-state index in [1.54, 1.807) is 31.9 Å². The van der Waals surface area contributed by atoms with E-state index in [-0.39, 0.29) is 6.61 Å². The molecule has 0 saturated carbocycles. The molecule has 1 N–H and O–H groups in total. The maximum Gasteiger partial charge on any atom is 0.338 e. The largest absolute Gasteiger partial charge is 0.497 e. The highest BCUT2D eigenvalue weighted by Gasteiger charge is 2.38. The number of esters is 1. The number of benzene rings is 2. The zero-order valence-corrected chi connectivity index (χ0v) is 17.9. The number of fused-ring (bicyclic) bond motifs is 1. The summed E-state index contributed by atoms with van der Waals surface area (Å²) < 4.78 is 18.2. The van der Waals surface area contributed by atoms with Gasteiger partial charge >= 0.3 is 5.97 Å². The van der Waals surface area contributed by atoms with Crippen LogP contribution in [0, 0.1) is 6.92 Å². The smallest absolute Gasteiger partial charge is 0.338 e. The molecule has 8 nitrogen and oxygen atoms in total. The van der Waals surface area contributed by atoms with Crippen molar-refractivity contribution >= 4 is 17.6 Å². The lowest BCUT2D eigenvalue weighted by atomic mass is 9.92. The van der Waals surface area contributed by atoms with Crippen molar-refractivity contribution < 1.29 is 19.0 Å². The first kappa shape index (κ1) is 20.5. The van der Waals surface area contributed by atoms with Crippen LogP contribution in [-0.4, -0.2) is 41.6 Å². The van der Waals surface area contributed by atoms with Crippen LogP contribution in [0.25, 0.3) is 5.70 Å². The number of hydrogen-bond acceptors (Lipinski definition) is 7. The Hall–Kier alpha value is -3.81. The molecule has 1 atom stereocenters. The summed E-state index contributed by atoms with van der Waals surface area (Å²) >= 11 is 0. The Kier molecular flexibility index (Phi) is 5.62. The second-order valence-corrected chi connectivity index (χ2v) is 6.94. The van der Waals surface area contributed by atoms with Gasteiger partial charge in [-0.25, -0.2) is 9.48 Å². The van der Waals surface area contributed by atoms with Gasteiger partial charge in [-0.2, -0.15) is 10.1 Å². The standard InChI is InChI=1S/C23H24N4O4/c1-5-31-22(28)19-20(15-9-7-6-8-10-15)25-23-24-14(2)26-27(23)21(19)17-12-11-16(29-3)13-18(17)30-4/h6-13,21H,5H2,1-4H3,(H,24,25,26)/t21-/m1/s1. The highest BCUT2D eigenvalue weighted by molar-refractivity contribution is 6.02. The lowest BCUT2D eigenvalue weighted by molar-refractivity contribution is -0.138. The van der Waals surface area contributed by atoms with E-state index in [9.17, 15) is 4.79 Å². The number of anilines is 1. The molecule has 1 aliphatic rings. The van der Waals surface area contributed by atoms with Crippen molar-refractivity contribution in [1.82, 2.24) is 14.8 Å². The van der Waals surface area contributed by atoms with Crippen LogP contribution in [0.5, 0.6) is 11.5 Å². The zero-order valence-electron chi connectivity index (χ0n) is 17.9. The summed E-state index contributed by atoms with van der Waals surface area (Å²) in [4.78, 5) is 17.8. The minimum absolute atomic E-state index is 0.250. The van der Waals surface area contributed by atoms with E-state index < -0.39 is 12.0 Å². The molecule has 0 amide bonds. The van der Waals surface area contributed by atoms with Gasteiger partial charge in [0, 0.05) is 11.6 Å². The highest BCUT2D eigenvalue weighted by atomic mass is 16.5. The molecule has 3 aromatic rings. The number of carbonyl (C=O) groups is 1. The Morgan fingerprint density at radius 2 is 1.90 bits per heavy atom. The van der Waals surface area contributed by atoms with Crippen LogP contribution >= 0.6 is 0 Å². The van der Waals surface area contributed by atoms with Gasteiger partial charge in [-0.05, 0) is 31.5 Å². The molecule has 8 heteroatoms. The summed E-state index contributed by atoms with van der Waals surface area (Å²) in [5, 5.41) is 7.85. The molecule has 2 aromatic carbocycles. The summed E-state index contributed by atoms with van der Waals surface area (Å²) in [6.45, 7) is 3.84. The second-order valence-electron chi connectivity index (χ2n) is 6.94. The number of ether oxygens (including phenoxy) is 3. The van der Waals surface area contributed by atoms with Gasteiger partial charge in [0.1, 0.15) is 23.4 Å². The third kappa shape index (κ3) is 3.72. The number of nitrogens with zero attached hydrogens (tertiary/aromatic N) is 3. The maximum atomic E-state index is 13.3. The van der Waals surface area contributed by atoms with Crippen molar-refractivity contribution in [2.24, 2.45) is 0 Å². The summed E-state index contributed by atoms with van der Waals surface area (Å²) in [6.07, 6.45) is 0. The minimum atomic E-state index is -0.604. The van der Waals surface area contributed by atoms with Crippen LogP contribution in [-0.2, 0) is 9.53 Å². The topological polar surface area (TPSA) is 87.5 Å². The zero-order chi connectivity index (χ0) is 22.0. The van der Waals surface area contributed by atoms with Crippen LogP contribution in [0.4, 0.5) is 5.95 Å². The number of carbonyl (C=O) groups excluding carboxylic acids is 1. The normalized spacial score (nSPS) is 15.2. The van der Waals surface area contributed by atoms with E-state index in [1.807, 2.05) is 49.4 Å². The molecule has 0 spiro atoms. The summed E-state index contributed by atoms with van der Waals surface area (Å²) in [5.74, 6) is 1.90. The van der Waals surface area contributed by atoms with Gasteiger partial charge in [0.2, 0.25) is 5.95 Å². The van der Waals surface area contributed by atoms with E-state index in [4.69, 9.17) is 14.2 Å². The average Bonchev–Trinajstić information content (AvgIpc) is 3.18. The molecule has 31 heavy (non-hydrogen) atoms. The van der Waals surface area contributed by atoms with Gasteiger partial charge < -0.3 is 19.5 Å². The molecule has 0 aliphatic carbocycles. The molecule has 0 unspecified atom stereocenters. The molecular formula is C23H24N4O4. The van der Waals surface area contributed by atoms with Crippen LogP contribution in [0.3, 0.4) is 0 Å². The molecule has 160 valence electrons. The Bertz CT molecular complexity index is 1140. The second kappa shape index (κ2) is 8.51. The van der Waals surface area contributed by atoms with Crippen molar-refractivity contribution in [2.45, 2.75) is 19.9 Å². The van der Waals surface area contributed by atoms with Crippen molar-refractivity contribution in [2.75, 3.05) is 26.1 Å². The van der Waals surface area contributed by atoms with E-state index in [0.717, 1.165) is 11.1 Å². The Balaban J connectivity index is 2.01. The van der Waals surface area contributed by atoms with E-state index >= 15 is 0 Å². The molecular weight excluding hydrogens is 396 g/mol. The summed E-state index contributed by atoms with van der Waals surface area (Å²) in [7, 11) is 3.17. The number of rotatable bonds is 6. The Morgan fingerprint density at radius 1 is 1.13 bits per heavy atom. The fraction of sp³-hybridized carbons (Fsp3) is 0.261. The van der Waals surface area contributed by atoms with Crippen LogP contribution in [0.15, 0.2) is 54.1 Å². The van der Waals surface area contributed by atoms with Crippen LogP contribution in [0.2, 0.25) is 0 Å². The van der Waals surface area contributed by atoms with Crippen molar-refractivity contribution in [3.63, 3.8) is 0 Å². The summed E-state index contributed by atoms with van der Waals surface area (Å²) in [6, 6.07) is 14.5. The number of aromatic nitrogens is 3. The molecule has 0 radical (unpaired) electrons. The number of aryl methyl sites for hydroxylation is 1. The van der Waals surface area contributed by atoms with Gasteiger partial charge in [-0.15, -0.1) is 0 Å². The van der Waals surface area contributed by atoms with Crippen LogP contribution < -0.4 is 14.8 Å². The molecule has 2 heterocycles. The maximum absolute atomic E-state index is 13.3. The average molecular weight is 420 g/mol. The Morgan fingerprint density at radius 3 is 2.58 bits per heavy atom. The third-order valence-corrected chi connectivity index (χ3v) is 5.05. The van der Waals surface area contributed by atoms with Gasteiger partial charge in [-0.1, -0.05) is 30.3 Å². The SMILES string of the molecule is CCOC(=O)C1=C(c2ccccc2)Nc2nc(C)nn2[C@@H]1c1ccc(OC)cc1OC. The number of nitrogens with one attached hydrogen (secondary N) is 1. The first-order chi connectivity index (χ1) is 15.1. The third-order valence-electron chi connectivity index (χ3n) is 5.05. The lowest BCUT2D eigenvalue weighted by Crippen LogP contribution is -2.30. The predicted octanol–water partition coefficient (Wildman–Crippen LogP) is 3.59. The van der Waals surface area contributed by atoms with Gasteiger partial charge in [0.15, 0.2) is 0 Å². The van der Waals surface area contributed by atoms with E-state index in [2.05, 4.69) is 15.4 Å². The number of methoxy groups -OCH3 is 2. The van der Waals surface area contributed by atoms with Crippen molar-refractivity contribution in [3.05, 3.63) is 71.1 Å². The lowest BCUT2D eigenvalue weighted by Gasteiger charge is -2.30. The molecule has 1 aliphatic heterocycles. The molecule has 1 aromatic heterocycles. The first-order valence-electron chi connectivity index (χ1n) is 9.96. The first-order valence-corrected chi connectivity index (χ1v) is 9.96. The molecule has 0 saturated heterocycles. The van der Waals surface area contributed by atoms with Crippen LogP contribution in [0.1, 0.15) is 29.9 Å². The number of hydrogen-bond donors (Lipinski definition) is 1. The highest BCUT2D eigenvalue weighted by Crippen LogP contribution is 2.42. The van der Waals surface area contributed by atoms with Crippen molar-refractivity contribution in [1.29, 1.82) is 0 Å². The predicted molar refractivity (Wildman–Crippen MR) is 116 cm³/mol. The van der Waals surface area contributed by atoms with Gasteiger partial charge in [0.25, 0.3) is 0 Å². The monoisotopic (exact) mass is 420 g/mol. The molecule has 4 rings (SSSR count). The fourth-order valence-electron chi connectivity index (χ4n) is 3.72. The van der Waals surface area contributed by atoms with Gasteiger partial charge in [0.05, 0.1) is 32.1 Å². The molecule has 0 bridgehead atoms. The van der Waals surface area contributed by atoms with Gasteiger partial charge in [-0.3, -0.25) is 0 Å². The quantitative estimate of drug-likeness (QED) is 0.610. The van der Waals surface area contributed by atoms with E-state index in [0.29, 0.717) is 34.5 Å². The fourth-order valence-corrected chi connectivity index (χ4v) is 3.72. The van der Waals surface area contributed by atoms with Crippen molar-refractivity contribution in [3.8, 4) is 11.5 Å². The minimum Gasteiger partial charge on any atom is -0.497 e. The summed E-state index contributed by atoms with van der Waals surface area (Å²) in [5.41, 5.74) is 2.64. The Labute approximate surface area is 180 Å². The molecule has 0 fully saturated rings. The van der Waals surface area contributed by atoms with E-state index in [1.165, 1.54) is 0 Å².